The summed E-state index contributed by atoms with van der Waals surface area (Å²) in [5, 5.41) is 0. The van der Waals surface area contributed by atoms with E-state index < -0.39 is 11.6 Å². The lowest BCUT2D eigenvalue weighted by atomic mass is 9.91. The maximum Gasteiger partial charge on any atom is 0.166 e. The number of aryl methyl sites for hydroxylation is 1. The van der Waals surface area contributed by atoms with Crippen LogP contribution < -0.4 is 0 Å². The highest BCUT2D eigenvalue weighted by atomic mass is 19.2. The van der Waals surface area contributed by atoms with E-state index in [0.717, 1.165) is 44.1 Å². The van der Waals surface area contributed by atoms with E-state index in [1.165, 1.54) is 0 Å². The first-order valence-corrected chi connectivity index (χ1v) is 12.6. The van der Waals surface area contributed by atoms with E-state index in [2.05, 4.69) is 6.58 Å². The van der Waals surface area contributed by atoms with E-state index >= 15 is 4.39 Å². The summed E-state index contributed by atoms with van der Waals surface area (Å²) in [5.41, 5.74) is 3.19. The molecular weight excluding hydrogens is 445 g/mol. The summed E-state index contributed by atoms with van der Waals surface area (Å²) in [6.45, 7) is 6.49. The number of ether oxygens (including phenoxy) is 1. The Balaban J connectivity index is 1.47. The lowest BCUT2D eigenvalue weighted by Crippen LogP contribution is -2.20. The third kappa shape index (κ3) is 5.87. The van der Waals surface area contributed by atoms with Crippen LogP contribution in [-0.4, -0.2) is 6.61 Å². The summed E-state index contributed by atoms with van der Waals surface area (Å²) in [7, 11) is 0. The SMILES string of the molecule is C=CCCC1CCC(c2ccc(-c3ccc(-c4ccc(CCCC)c(F)c4F)cc3)c(F)c2)OC1. The normalized spacial score (nSPS) is 17.9. The lowest BCUT2D eigenvalue weighted by Gasteiger charge is -2.29. The molecule has 35 heavy (non-hydrogen) atoms. The molecule has 1 saturated heterocycles. The van der Waals surface area contributed by atoms with Crippen LogP contribution in [-0.2, 0) is 11.2 Å². The molecule has 1 nitrogen and oxygen atoms in total. The largest absolute Gasteiger partial charge is 0.373 e. The Morgan fingerprint density at radius 1 is 0.914 bits per heavy atom. The van der Waals surface area contributed by atoms with Crippen LogP contribution in [0, 0.1) is 23.4 Å². The fourth-order valence-corrected chi connectivity index (χ4v) is 4.82. The molecule has 1 aliphatic heterocycles. The third-order valence-corrected chi connectivity index (χ3v) is 6.98. The zero-order valence-corrected chi connectivity index (χ0v) is 20.3. The molecule has 0 aromatic heterocycles. The minimum Gasteiger partial charge on any atom is -0.373 e. The molecule has 4 rings (SSSR count). The van der Waals surface area contributed by atoms with Gasteiger partial charge in [0.05, 0.1) is 12.7 Å². The predicted octanol–water partition coefficient (Wildman–Crippen LogP) is 9.21. The first-order chi connectivity index (χ1) is 17.0. The second-order valence-electron chi connectivity index (χ2n) is 9.45. The molecule has 3 aromatic carbocycles. The summed E-state index contributed by atoms with van der Waals surface area (Å²) in [4.78, 5) is 0. The Labute approximate surface area is 206 Å². The lowest BCUT2D eigenvalue weighted by molar-refractivity contribution is -0.0191. The van der Waals surface area contributed by atoms with E-state index in [0.29, 0.717) is 41.2 Å². The first-order valence-electron chi connectivity index (χ1n) is 12.6. The van der Waals surface area contributed by atoms with Crippen LogP contribution in [0.1, 0.15) is 62.7 Å². The van der Waals surface area contributed by atoms with E-state index in [-0.39, 0.29) is 17.5 Å². The molecule has 0 saturated carbocycles. The fraction of sp³-hybridized carbons (Fsp3) is 0.355. The summed E-state index contributed by atoms with van der Waals surface area (Å²) in [6, 6.07) is 15.4. The quantitative estimate of drug-likeness (QED) is 0.279. The topological polar surface area (TPSA) is 9.23 Å². The van der Waals surface area contributed by atoms with Crippen molar-refractivity contribution in [1.29, 1.82) is 0 Å². The molecule has 0 radical (unpaired) electrons. The van der Waals surface area contributed by atoms with Crippen LogP contribution in [0.5, 0.6) is 0 Å². The molecule has 1 aliphatic rings. The Hall–Kier alpha value is -2.85. The second kappa shape index (κ2) is 11.7. The highest BCUT2D eigenvalue weighted by molar-refractivity contribution is 5.71. The molecular formula is C31H33F3O. The molecule has 2 unspecified atom stereocenters. The van der Waals surface area contributed by atoms with Crippen LogP contribution in [0.4, 0.5) is 13.2 Å². The Bertz CT molecular complexity index is 1140. The predicted molar refractivity (Wildman–Crippen MR) is 137 cm³/mol. The van der Waals surface area contributed by atoms with Crippen LogP contribution in [0.15, 0.2) is 67.3 Å². The van der Waals surface area contributed by atoms with Crippen molar-refractivity contribution in [1.82, 2.24) is 0 Å². The van der Waals surface area contributed by atoms with Crippen molar-refractivity contribution in [2.45, 2.75) is 58.0 Å². The standard InChI is InChI=1S/C31H33F3O/c1-3-5-7-21-9-18-29(35-20-21)25-15-16-26(28(32)19-25)22-10-12-23(13-11-22)27-17-14-24(8-6-4-2)30(33)31(27)34/h3,10-17,19,21,29H,1,4-9,18,20H2,2H3. The molecule has 1 fully saturated rings. The minimum atomic E-state index is -0.832. The van der Waals surface area contributed by atoms with Gasteiger partial charge < -0.3 is 4.74 Å². The molecule has 0 bridgehead atoms. The van der Waals surface area contributed by atoms with Gasteiger partial charge in [-0.1, -0.05) is 68.0 Å². The van der Waals surface area contributed by atoms with Crippen LogP contribution in [0.2, 0.25) is 0 Å². The molecule has 3 aromatic rings. The van der Waals surface area contributed by atoms with Gasteiger partial charge >= 0.3 is 0 Å². The Morgan fingerprint density at radius 3 is 2.26 bits per heavy atom. The fourth-order valence-electron chi connectivity index (χ4n) is 4.82. The number of benzene rings is 3. The maximum atomic E-state index is 15.0. The Kier molecular flexibility index (Phi) is 8.46. The molecule has 4 heteroatoms. The molecule has 0 spiro atoms. The molecule has 0 aliphatic carbocycles. The average molecular weight is 479 g/mol. The number of unbranched alkanes of at least 4 members (excludes halogenated alkanes) is 1. The van der Waals surface area contributed by atoms with Gasteiger partial charge in [0.25, 0.3) is 0 Å². The summed E-state index contributed by atoms with van der Waals surface area (Å²) >= 11 is 0. The van der Waals surface area contributed by atoms with Gasteiger partial charge in [-0.25, -0.2) is 13.2 Å². The molecule has 2 atom stereocenters. The van der Waals surface area contributed by atoms with Crippen LogP contribution in [0.25, 0.3) is 22.3 Å². The summed E-state index contributed by atoms with van der Waals surface area (Å²) in [5.74, 6) is -1.39. The van der Waals surface area contributed by atoms with E-state index in [1.807, 2.05) is 19.1 Å². The summed E-state index contributed by atoms with van der Waals surface area (Å²) in [6.07, 6.45) is 8.14. The molecule has 184 valence electrons. The molecule has 0 N–H and O–H groups in total. The van der Waals surface area contributed by atoms with Gasteiger partial charge in [-0.15, -0.1) is 6.58 Å². The average Bonchev–Trinajstić information content (AvgIpc) is 2.89. The number of hydrogen-bond acceptors (Lipinski definition) is 1. The first kappa shape index (κ1) is 25.2. The van der Waals surface area contributed by atoms with Gasteiger partial charge in [0.2, 0.25) is 0 Å². The van der Waals surface area contributed by atoms with Crippen molar-refractivity contribution in [2.75, 3.05) is 6.61 Å². The van der Waals surface area contributed by atoms with Crippen molar-refractivity contribution in [3.63, 3.8) is 0 Å². The molecule has 1 heterocycles. The Morgan fingerprint density at radius 2 is 1.63 bits per heavy atom. The van der Waals surface area contributed by atoms with Crippen molar-refractivity contribution in [3.05, 3.63) is 95.8 Å². The zero-order valence-electron chi connectivity index (χ0n) is 20.3. The van der Waals surface area contributed by atoms with Crippen molar-refractivity contribution in [3.8, 4) is 22.3 Å². The highest BCUT2D eigenvalue weighted by Crippen LogP contribution is 2.35. The second-order valence-corrected chi connectivity index (χ2v) is 9.45. The van der Waals surface area contributed by atoms with E-state index in [9.17, 15) is 8.78 Å². The van der Waals surface area contributed by atoms with Crippen molar-refractivity contribution < 1.29 is 17.9 Å². The van der Waals surface area contributed by atoms with Gasteiger partial charge in [0.15, 0.2) is 11.6 Å². The molecule has 0 amide bonds. The van der Waals surface area contributed by atoms with Crippen LogP contribution >= 0.6 is 0 Å². The monoisotopic (exact) mass is 478 g/mol. The third-order valence-electron chi connectivity index (χ3n) is 6.98. The summed E-state index contributed by atoms with van der Waals surface area (Å²) < 4.78 is 50.3. The smallest absolute Gasteiger partial charge is 0.166 e. The highest BCUT2D eigenvalue weighted by Gasteiger charge is 2.23. The van der Waals surface area contributed by atoms with Gasteiger partial charge in [-0.05, 0) is 72.8 Å². The number of allylic oxidation sites excluding steroid dienone is 1. The number of rotatable bonds is 9. The van der Waals surface area contributed by atoms with E-state index in [1.54, 1.807) is 48.5 Å². The van der Waals surface area contributed by atoms with E-state index in [4.69, 9.17) is 4.74 Å². The van der Waals surface area contributed by atoms with Crippen molar-refractivity contribution in [2.24, 2.45) is 5.92 Å². The van der Waals surface area contributed by atoms with Gasteiger partial charge in [-0.2, -0.15) is 0 Å². The van der Waals surface area contributed by atoms with Gasteiger partial charge in [0, 0.05) is 11.1 Å². The van der Waals surface area contributed by atoms with Crippen LogP contribution in [0.3, 0.4) is 0 Å². The number of halogens is 3. The zero-order chi connectivity index (χ0) is 24.8. The van der Waals surface area contributed by atoms with Crippen molar-refractivity contribution >= 4 is 0 Å². The minimum absolute atomic E-state index is 0.0842. The van der Waals surface area contributed by atoms with Gasteiger partial charge in [-0.3, -0.25) is 0 Å². The van der Waals surface area contributed by atoms with Gasteiger partial charge in [0.1, 0.15) is 5.82 Å². The number of hydrogen-bond donors (Lipinski definition) is 0. The maximum absolute atomic E-state index is 15.0.